The molecule has 0 amide bonds. The molecule has 0 atom stereocenters. The zero-order chi connectivity index (χ0) is 18.1. The highest BCUT2D eigenvalue weighted by Gasteiger charge is 2.45. The van der Waals surface area contributed by atoms with E-state index in [0.29, 0.717) is 0 Å². The van der Waals surface area contributed by atoms with Crippen LogP contribution in [0.2, 0.25) is 12.1 Å². The minimum absolute atomic E-state index is 0.278. The second-order valence-corrected chi connectivity index (χ2v) is 12.8. The molecule has 0 N–H and O–H groups in total. The van der Waals surface area contributed by atoms with Gasteiger partial charge in [-0.1, -0.05) is 19.3 Å². The first-order valence-electron chi connectivity index (χ1n) is 8.80. The molecule has 0 aromatic rings. The molecule has 0 spiro atoms. The van der Waals surface area contributed by atoms with Crippen molar-refractivity contribution in [1.82, 2.24) is 0 Å². The third kappa shape index (κ3) is 5.60. The normalized spacial score (nSPS) is 18.8. The van der Waals surface area contributed by atoms with E-state index in [1.807, 2.05) is 0 Å². The molecular formula is C16H36O6Si2. The summed E-state index contributed by atoms with van der Waals surface area (Å²) in [5.41, 5.74) is 0.278. The number of rotatable bonds is 12. The van der Waals surface area contributed by atoms with Crippen LogP contribution in [-0.2, 0) is 26.6 Å². The van der Waals surface area contributed by atoms with Crippen molar-refractivity contribution < 1.29 is 26.6 Å². The van der Waals surface area contributed by atoms with Crippen LogP contribution in [0, 0.1) is 5.41 Å². The maximum atomic E-state index is 5.61. The van der Waals surface area contributed by atoms with Crippen LogP contribution in [0.4, 0.5) is 0 Å². The van der Waals surface area contributed by atoms with Gasteiger partial charge in [0.2, 0.25) is 0 Å². The summed E-state index contributed by atoms with van der Waals surface area (Å²) in [6, 6.07) is 1.69. The van der Waals surface area contributed by atoms with Crippen molar-refractivity contribution in [2.45, 2.75) is 57.0 Å². The van der Waals surface area contributed by atoms with Crippen molar-refractivity contribution in [1.29, 1.82) is 0 Å². The van der Waals surface area contributed by atoms with E-state index in [1.165, 1.54) is 32.1 Å². The summed E-state index contributed by atoms with van der Waals surface area (Å²) in [7, 11) is 5.05. The first-order chi connectivity index (χ1) is 11.5. The molecule has 0 radical (unpaired) electrons. The highest BCUT2D eigenvalue weighted by atomic mass is 28.4. The molecule has 0 unspecified atom stereocenters. The van der Waals surface area contributed by atoms with Gasteiger partial charge < -0.3 is 26.6 Å². The Bertz CT molecular complexity index is 299. The zero-order valence-electron chi connectivity index (χ0n) is 16.3. The molecule has 0 aromatic heterocycles. The molecule has 0 saturated heterocycles. The molecule has 1 aliphatic carbocycles. The Hall–Kier alpha value is 0.194. The van der Waals surface area contributed by atoms with Crippen LogP contribution < -0.4 is 0 Å². The summed E-state index contributed by atoms with van der Waals surface area (Å²) in [4.78, 5) is 0. The minimum Gasteiger partial charge on any atom is -0.377 e. The second kappa shape index (κ2) is 10.4. The molecule has 1 saturated carbocycles. The fourth-order valence-electron chi connectivity index (χ4n) is 3.88. The highest BCUT2D eigenvalue weighted by molar-refractivity contribution is 6.61. The Morgan fingerprint density at radius 2 is 0.917 bits per heavy atom. The molecule has 0 bridgehead atoms. The van der Waals surface area contributed by atoms with Crippen molar-refractivity contribution in [3.05, 3.63) is 0 Å². The van der Waals surface area contributed by atoms with E-state index < -0.39 is 17.6 Å². The van der Waals surface area contributed by atoms with Gasteiger partial charge >= 0.3 is 17.6 Å². The predicted molar refractivity (Wildman–Crippen MR) is 97.9 cm³/mol. The predicted octanol–water partition coefficient (Wildman–Crippen LogP) is 3.47. The van der Waals surface area contributed by atoms with E-state index >= 15 is 0 Å². The Labute approximate surface area is 149 Å². The van der Waals surface area contributed by atoms with Crippen LogP contribution >= 0.6 is 0 Å². The smallest absolute Gasteiger partial charge is 0.377 e. The lowest BCUT2D eigenvalue weighted by Crippen LogP contribution is -2.46. The maximum absolute atomic E-state index is 5.61. The largest absolute Gasteiger partial charge is 0.500 e. The fraction of sp³-hybridized carbons (Fsp3) is 1.00. The van der Waals surface area contributed by atoms with E-state index in [2.05, 4.69) is 0 Å². The van der Waals surface area contributed by atoms with E-state index in [9.17, 15) is 0 Å². The summed E-state index contributed by atoms with van der Waals surface area (Å²) in [5.74, 6) is 0. The fourth-order valence-corrected chi connectivity index (χ4v) is 7.77. The van der Waals surface area contributed by atoms with Crippen LogP contribution in [-0.4, -0.2) is 60.3 Å². The lowest BCUT2D eigenvalue weighted by Gasteiger charge is -2.40. The van der Waals surface area contributed by atoms with E-state index in [0.717, 1.165) is 24.9 Å². The summed E-state index contributed by atoms with van der Waals surface area (Å²) in [5, 5.41) is 0. The van der Waals surface area contributed by atoms with Gasteiger partial charge in [0.15, 0.2) is 0 Å². The summed E-state index contributed by atoms with van der Waals surface area (Å²) in [6.45, 7) is 0. The molecule has 8 heteroatoms. The van der Waals surface area contributed by atoms with Gasteiger partial charge in [-0.3, -0.25) is 0 Å². The molecule has 0 aromatic carbocycles. The average molecular weight is 381 g/mol. The standard InChI is InChI=1S/C16H36O6Si2/c1-17-23(18-2,19-3)14-12-16(10-8-7-9-11-16)13-15-24(20-4,21-5)22-6/h7-15H2,1-6H3. The molecular weight excluding hydrogens is 344 g/mol. The quantitative estimate of drug-likeness (QED) is 0.483. The van der Waals surface area contributed by atoms with Crippen LogP contribution in [0.25, 0.3) is 0 Å². The maximum Gasteiger partial charge on any atom is 0.500 e. The monoisotopic (exact) mass is 380 g/mol. The van der Waals surface area contributed by atoms with E-state index in [1.54, 1.807) is 42.7 Å². The van der Waals surface area contributed by atoms with Gasteiger partial charge in [-0.2, -0.15) is 0 Å². The van der Waals surface area contributed by atoms with Crippen LogP contribution in [0.5, 0.6) is 0 Å². The molecule has 1 fully saturated rings. The molecule has 6 nitrogen and oxygen atoms in total. The van der Waals surface area contributed by atoms with E-state index in [4.69, 9.17) is 26.6 Å². The summed E-state index contributed by atoms with van der Waals surface area (Å²) in [6.07, 6.45) is 8.45. The molecule has 0 heterocycles. The van der Waals surface area contributed by atoms with Crippen molar-refractivity contribution in [3.8, 4) is 0 Å². The lowest BCUT2D eigenvalue weighted by atomic mass is 9.70. The van der Waals surface area contributed by atoms with Gasteiger partial charge in [-0.15, -0.1) is 0 Å². The molecule has 144 valence electrons. The molecule has 1 aliphatic rings. The zero-order valence-corrected chi connectivity index (χ0v) is 18.3. The van der Waals surface area contributed by atoms with Crippen LogP contribution in [0.1, 0.15) is 44.9 Å². The van der Waals surface area contributed by atoms with Gasteiger partial charge in [-0.25, -0.2) is 0 Å². The Morgan fingerprint density at radius 1 is 0.583 bits per heavy atom. The minimum atomic E-state index is -2.53. The van der Waals surface area contributed by atoms with Gasteiger partial charge in [0.25, 0.3) is 0 Å². The van der Waals surface area contributed by atoms with Crippen molar-refractivity contribution in [3.63, 3.8) is 0 Å². The second-order valence-electron chi connectivity index (χ2n) is 6.65. The SMILES string of the molecule is CO[Si](CCC1(CC[Si](OC)(OC)OC)CCCCC1)(OC)OC. The van der Waals surface area contributed by atoms with Gasteiger partial charge in [0, 0.05) is 54.7 Å². The summed E-state index contributed by atoms with van der Waals surface area (Å²) < 4.78 is 33.7. The number of hydrogen-bond acceptors (Lipinski definition) is 6. The Balaban J connectivity index is 2.79. The average Bonchev–Trinajstić information content (AvgIpc) is 2.66. The first-order valence-corrected chi connectivity index (χ1v) is 12.7. The molecule has 24 heavy (non-hydrogen) atoms. The van der Waals surface area contributed by atoms with Gasteiger partial charge in [0.05, 0.1) is 0 Å². The van der Waals surface area contributed by atoms with Crippen molar-refractivity contribution in [2.75, 3.05) is 42.7 Å². The third-order valence-corrected chi connectivity index (χ3v) is 11.2. The Morgan fingerprint density at radius 3 is 1.21 bits per heavy atom. The summed E-state index contributed by atoms with van der Waals surface area (Å²) >= 11 is 0. The third-order valence-electron chi connectivity index (χ3n) is 5.70. The highest BCUT2D eigenvalue weighted by Crippen LogP contribution is 2.46. The number of hydrogen-bond donors (Lipinski definition) is 0. The first kappa shape index (κ1) is 22.2. The Kier molecular flexibility index (Phi) is 9.61. The molecule has 0 aliphatic heterocycles. The van der Waals surface area contributed by atoms with E-state index in [-0.39, 0.29) is 5.41 Å². The van der Waals surface area contributed by atoms with Crippen LogP contribution in [0.15, 0.2) is 0 Å². The lowest BCUT2D eigenvalue weighted by molar-refractivity contribution is 0.0956. The van der Waals surface area contributed by atoms with Gasteiger partial charge in [-0.05, 0) is 31.1 Å². The topological polar surface area (TPSA) is 55.4 Å². The van der Waals surface area contributed by atoms with Crippen molar-refractivity contribution >= 4 is 17.6 Å². The van der Waals surface area contributed by atoms with Crippen molar-refractivity contribution in [2.24, 2.45) is 5.41 Å². The molecule has 1 rings (SSSR count). The van der Waals surface area contributed by atoms with Gasteiger partial charge in [0.1, 0.15) is 0 Å². The van der Waals surface area contributed by atoms with Crippen LogP contribution in [0.3, 0.4) is 0 Å².